The highest BCUT2D eigenvalue weighted by molar-refractivity contribution is 5.76. The number of hydrogen-bond donors (Lipinski definition) is 0. The Morgan fingerprint density at radius 2 is 1.89 bits per heavy atom. The largest absolute Gasteiger partial charge is 0.262 e. The second-order valence-electron chi connectivity index (χ2n) is 1.47. The highest BCUT2D eigenvalue weighted by Crippen LogP contribution is 1.85. The van der Waals surface area contributed by atoms with Gasteiger partial charge in [-0.2, -0.15) is 0 Å². The Hall–Kier alpha value is -0.720. The molecule has 0 bridgehead atoms. The Kier molecular flexibility index (Phi) is 6.70. The summed E-state index contributed by atoms with van der Waals surface area (Å²) in [5.74, 6) is 0. The van der Waals surface area contributed by atoms with E-state index >= 15 is 0 Å². The minimum Gasteiger partial charge on any atom is -0.262 e. The molecule has 0 N–H and O–H groups in total. The van der Waals surface area contributed by atoms with Gasteiger partial charge >= 0.3 is 0 Å². The molecule has 1 aromatic rings. The van der Waals surface area contributed by atoms with Crippen molar-refractivity contribution in [1.29, 1.82) is 0 Å². The third kappa shape index (κ3) is 3.83. The predicted octanol–water partition coefficient (Wildman–Crippen LogP) is 0.628. The van der Waals surface area contributed by atoms with Gasteiger partial charge in [0.2, 0.25) is 0 Å². The average Bonchev–Trinajstić information content (AvgIpc) is 1.69. The summed E-state index contributed by atoms with van der Waals surface area (Å²) in [7, 11) is 0. The molecule has 0 atom stereocenters. The highest BCUT2D eigenvalue weighted by Gasteiger charge is 1.73. The summed E-state index contributed by atoms with van der Waals surface area (Å²) in [6.45, 7) is 1.97. The van der Waals surface area contributed by atoms with Crippen LogP contribution in [0, 0.1) is 6.92 Å². The second-order valence-corrected chi connectivity index (χ2v) is 1.47. The normalized spacial score (nSPS) is 6.78. The fourth-order valence-electron chi connectivity index (χ4n) is 0.448. The number of pyridine rings is 1. The lowest BCUT2D eigenvalue weighted by atomic mass is 10.4. The second kappa shape index (κ2) is 5.42. The first-order chi connectivity index (χ1) is 3.39. The fraction of sp³-hybridized carbons (Fsp3) is 0.167. The molecule has 0 amide bonds. The van der Waals surface area contributed by atoms with E-state index in [2.05, 4.69) is 4.98 Å². The van der Waals surface area contributed by atoms with Crippen molar-refractivity contribution in [2.24, 2.45) is 0 Å². The van der Waals surface area contributed by atoms with E-state index in [0.717, 1.165) is 5.69 Å². The number of aromatic nitrogens is 1. The molecule has 1 aromatic heterocycles. The van der Waals surface area contributed by atoms with Crippen LogP contribution in [0.3, 0.4) is 0 Å². The summed E-state index contributed by atoms with van der Waals surface area (Å²) in [4.78, 5) is 3.98. The van der Waals surface area contributed by atoms with Gasteiger partial charge in [0.1, 0.15) is 0 Å². The molecule has 0 aliphatic carbocycles. The zero-order chi connectivity index (χ0) is 5.11. The molecular weight excluding hydrogens is 108 g/mol. The maximum Gasteiger partial charge on any atom is 0.0372 e. The number of hydrogen-bond acceptors (Lipinski definition) is 1. The smallest absolute Gasteiger partial charge is 0.0372 e. The average molecular weight is 115 g/mol. The Morgan fingerprint density at radius 1 is 1.22 bits per heavy atom. The molecule has 1 nitrogen and oxygen atoms in total. The van der Waals surface area contributed by atoms with E-state index in [0.29, 0.717) is 0 Å². The molecule has 0 saturated carbocycles. The third-order valence-electron chi connectivity index (χ3n) is 0.813. The summed E-state index contributed by atoms with van der Waals surface area (Å²) < 4.78 is 0. The van der Waals surface area contributed by atoms with Gasteiger partial charge in [-0.3, -0.25) is 4.98 Å². The number of rotatable bonds is 0. The topological polar surface area (TPSA) is 12.9 Å². The molecule has 0 aromatic carbocycles. The monoisotopic (exact) mass is 115 g/mol. The Labute approximate surface area is 59.7 Å². The summed E-state index contributed by atoms with van der Waals surface area (Å²) in [6, 6.07) is 5.86. The molecule has 6 radical (unpaired) electrons. The summed E-state index contributed by atoms with van der Waals surface area (Å²) >= 11 is 0. The van der Waals surface area contributed by atoms with Crippen LogP contribution in [0.15, 0.2) is 24.4 Å². The molecule has 1 heterocycles. The summed E-state index contributed by atoms with van der Waals surface area (Å²) in [5, 5.41) is 0. The van der Waals surface area contributed by atoms with E-state index in [1.165, 1.54) is 0 Å². The van der Waals surface area contributed by atoms with Crippen molar-refractivity contribution in [3.8, 4) is 0 Å². The molecule has 3 heteroatoms. The van der Waals surface area contributed by atoms with Gasteiger partial charge < -0.3 is 0 Å². The molecule has 42 valence electrons. The van der Waals surface area contributed by atoms with Gasteiger partial charge in [-0.15, -0.1) is 0 Å². The predicted molar refractivity (Wildman–Crippen MR) is 40.5 cm³/mol. The van der Waals surface area contributed by atoms with Crippen LogP contribution in [0.4, 0.5) is 0 Å². The molecule has 0 aliphatic heterocycles. The Bertz CT molecular complexity index is 141. The molecular formula is C6H7B2N. The van der Waals surface area contributed by atoms with Crippen molar-refractivity contribution in [3.63, 3.8) is 0 Å². The zero-order valence-corrected chi connectivity index (χ0v) is 5.41. The van der Waals surface area contributed by atoms with Crippen molar-refractivity contribution in [1.82, 2.24) is 4.98 Å². The number of nitrogens with zero attached hydrogens (tertiary/aromatic N) is 1. The molecule has 0 fully saturated rings. The van der Waals surface area contributed by atoms with E-state index in [1.807, 2.05) is 25.1 Å². The van der Waals surface area contributed by atoms with Crippen LogP contribution in [-0.4, -0.2) is 21.8 Å². The lowest BCUT2D eigenvalue weighted by Gasteiger charge is -1.82. The van der Waals surface area contributed by atoms with Crippen LogP contribution in [0.1, 0.15) is 5.69 Å². The van der Waals surface area contributed by atoms with Gasteiger partial charge in [0, 0.05) is 28.7 Å². The maximum atomic E-state index is 3.98. The SMILES string of the molecule is Cc1ccccn1.[B].[B]. The van der Waals surface area contributed by atoms with Crippen molar-refractivity contribution in [2.75, 3.05) is 0 Å². The van der Waals surface area contributed by atoms with Crippen LogP contribution in [0.5, 0.6) is 0 Å². The van der Waals surface area contributed by atoms with E-state index in [1.54, 1.807) is 6.20 Å². The molecule has 0 saturated heterocycles. The fourth-order valence-corrected chi connectivity index (χ4v) is 0.448. The van der Waals surface area contributed by atoms with Crippen LogP contribution in [-0.2, 0) is 0 Å². The van der Waals surface area contributed by atoms with E-state index in [9.17, 15) is 0 Å². The minimum absolute atomic E-state index is 0. The van der Waals surface area contributed by atoms with E-state index in [4.69, 9.17) is 0 Å². The Morgan fingerprint density at radius 3 is 2.11 bits per heavy atom. The van der Waals surface area contributed by atoms with Crippen molar-refractivity contribution >= 4 is 16.8 Å². The Balaban J connectivity index is 0. The standard InChI is InChI=1S/C6H7N.2B/c1-6-4-2-3-5-7-6;;/h2-5H,1H3;;. The number of aryl methyl sites for hydroxylation is 1. The van der Waals surface area contributed by atoms with Gasteiger partial charge in [-0.05, 0) is 19.1 Å². The van der Waals surface area contributed by atoms with Gasteiger partial charge in [-0.1, -0.05) is 6.07 Å². The zero-order valence-electron chi connectivity index (χ0n) is 5.41. The third-order valence-corrected chi connectivity index (χ3v) is 0.813. The van der Waals surface area contributed by atoms with Crippen LogP contribution < -0.4 is 0 Å². The first kappa shape index (κ1) is 11.1. The molecule has 0 spiro atoms. The summed E-state index contributed by atoms with van der Waals surface area (Å²) in [5.41, 5.74) is 1.07. The lowest BCUT2D eigenvalue weighted by Crippen LogP contribution is -1.72. The first-order valence-corrected chi connectivity index (χ1v) is 2.27. The lowest BCUT2D eigenvalue weighted by molar-refractivity contribution is 1.20. The van der Waals surface area contributed by atoms with Gasteiger partial charge in [0.25, 0.3) is 0 Å². The molecule has 9 heavy (non-hydrogen) atoms. The van der Waals surface area contributed by atoms with Crippen molar-refractivity contribution in [2.45, 2.75) is 6.92 Å². The quantitative estimate of drug-likeness (QED) is 0.451. The molecule has 0 unspecified atom stereocenters. The minimum atomic E-state index is 0. The maximum absolute atomic E-state index is 3.98. The van der Waals surface area contributed by atoms with Gasteiger partial charge in [0.15, 0.2) is 0 Å². The first-order valence-electron chi connectivity index (χ1n) is 2.27. The summed E-state index contributed by atoms with van der Waals surface area (Å²) in [6.07, 6.45) is 1.79. The van der Waals surface area contributed by atoms with Gasteiger partial charge in [0.05, 0.1) is 0 Å². The van der Waals surface area contributed by atoms with Crippen LogP contribution in [0.25, 0.3) is 0 Å². The van der Waals surface area contributed by atoms with E-state index < -0.39 is 0 Å². The van der Waals surface area contributed by atoms with Crippen molar-refractivity contribution < 1.29 is 0 Å². The molecule has 0 aliphatic rings. The van der Waals surface area contributed by atoms with E-state index in [-0.39, 0.29) is 16.8 Å². The van der Waals surface area contributed by atoms with Gasteiger partial charge in [-0.25, -0.2) is 0 Å². The van der Waals surface area contributed by atoms with Crippen molar-refractivity contribution in [3.05, 3.63) is 30.1 Å². The molecule has 1 rings (SSSR count). The van der Waals surface area contributed by atoms with Crippen LogP contribution in [0.2, 0.25) is 0 Å². The van der Waals surface area contributed by atoms with Crippen LogP contribution >= 0.6 is 0 Å². The highest BCUT2D eigenvalue weighted by atomic mass is 14.6.